The number of hydrogen-bond donors (Lipinski definition) is 2. The van der Waals surface area contributed by atoms with Gasteiger partial charge in [0.2, 0.25) is 0 Å². The highest BCUT2D eigenvalue weighted by Crippen LogP contribution is 2.28. The normalized spacial score (nSPS) is 10.6. The predicted octanol–water partition coefficient (Wildman–Crippen LogP) is 7.19. The number of aryl methyl sites for hydroxylation is 2. The number of hydrogen-bond acceptors (Lipinski definition) is 2. The molecule has 0 saturated heterocycles. The lowest BCUT2D eigenvalue weighted by atomic mass is 9.99. The van der Waals surface area contributed by atoms with Gasteiger partial charge in [0.25, 0.3) is 0 Å². The van der Waals surface area contributed by atoms with E-state index in [1.54, 1.807) is 0 Å². The minimum absolute atomic E-state index is 0.835. The average molecular weight is 393 g/mol. The molecule has 30 heavy (non-hydrogen) atoms. The Labute approximate surface area is 179 Å². The molecule has 4 aromatic rings. The third-order valence-corrected chi connectivity index (χ3v) is 5.44. The monoisotopic (exact) mass is 392 g/mol. The largest absolute Gasteiger partial charge is 0.381 e. The minimum Gasteiger partial charge on any atom is -0.381 e. The van der Waals surface area contributed by atoms with E-state index in [1.807, 2.05) is 12.1 Å². The summed E-state index contributed by atoms with van der Waals surface area (Å²) in [6, 6.07) is 34.3. The zero-order valence-electron chi connectivity index (χ0n) is 17.7. The number of anilines is 2. The van der Waals surface area contributed by atoms with E-state index in [2.05, 4.69) is 109 Å². The predicted molar refractivity (Wildman–Crippen MR) is 129 cm³/mol. The first-order chi connectivity index (χ1) is 14.7. The molecule has 0 fully saturated rings. The van der Waals surface area contributed by atoms with Crippen molar-refractivity contribution in [2.75, 3.05) is 10.6 Å². The van der Waals surface area contributed by atoms with Crippen molar-refractivity contribution in [3.63, 3.8) is 0 Å². The highest BCUT2D eigenvalue weighted by molar-refractivity contribution is 5.71. The summed E-state index contributed by atoms with van der Waals surface area (Å²) in [5.74, 6) is 0. The van der Waals surface area contributed by atoms with E-state index >= 15 is 0 Å². The van der Waals surface area contributed by atoms with Crippen LogP contribution in [-0.4, -0.2) is 0 Å². The second kappa shape index (κ2) is 9.32. The standard InChI is InChI=1S/C28H28N2/c1-21-17-25(13-15-27(21)29-19-23-9-5-3-6-10-23)26-14-16-28(22(2)18-26)30-20-24-11-7-4-8-12-24/h3-18,29-30H,19-20H2,1-2H3. The molecule has 0 atom stereocenters. The molecule has 0 amide bonds. The van der Waals surface area contributed by atoms with Crippen molar-refractivity contribution in [3.05, 3.63) is 119 Å². The summed E-state index contributed by atoms with van der Waals surface area (Å²) in [5, 5.41) is 7.10. The third-order valence-electron chi connectivity index (χ3n) is 5.44. The van der Waals surface area contributed by atoms with Crippen LogP contribution >= 0.6 is 0 Å². The molecule has 0 bridgehead atoms. The molecule has 0 aliphatic rings. The van der Waals surface area contributed by atoms with Gasteiger partial charge in [-0.1, -0.05) is 72.8 Å². The maximum absolute atomic E-state index is 3.55. The summed E-state index contributed by atoms with van der Waals surface area (Å²) in [7, 11) is 0. The first kappa shape index (κ1) is 19.8. The van der Waals surface area contributed by atoms with Gasteiger partial charge in [-0.25, -0.2) is 0 Å². The summed E-state index contributed by atoms with van der Waals surface area (Å²) < 4.78 is 0. The molecule has 2 N–H and O–H groups in total. The summed E-state index contributed by atoms with van der Waals surface area (Å²) >= 11 is 0. The smallest absolute Gasteiger partial charge is 0.0400 e. The molecular weight excluding hydrogens is 364 g/mol. The second-order valence-electron chi connectivity index (χ2n) is 7.74. The lowest BCUT2D eigenvalue weighted by Gasteiger charge is -2.14. The van der Waals surface area contributed by atoms with Gasteiger partial charge in [0, 0.05) is 24.5 Å². The fourth-order valence-electron chi connectivity index (χ4n) is 3.67. The van der Waals surface area contributed by atoms with E-state index in [1.165, 1.54) is 44.8 Å². The lowest BCUT2D eigenvalue weighted by Crippen LogP contribution is -2.01. The molecule has 0 aliphatic carbocycles. The van der Waals surface area contributed by atoms with Crippen molar-refractivity contribution in [1.82, 2.24) is 0 Å². The maximum atomic E-state index is 3.55. The zero-order valence-corrected chi connectivity index (χ0v) is 17.7. The zero-order chi connectivity index (χ0) is 20.8. The minimum atomic E-state index is 0.835. The van der Waals surface area contributed by atoms with Crippen molar-refractivity contribution >= 4 is 11.4 Å². The van der Waals surface area contributed by atoms with Gasteiger partial charge < -0.3 is 10.6 Å². The molecule has 2 heteroatoms. The molecule has 2 nitrogen and oxygen atoms in total. The SMILES string of the molecule is Cc1cc(-c2ccc(NCc3ccccc3)c(C)c2)ccc1NCc1ccccc1. The van der Waals surface area contributed by atoms with E-state index in [9.17, 15) is 0 Å². The summed E-state index contributed by atoms with van der Waals surface area (Å²) in [5.41, 5.74) is 9.94. The molecular formula is C28H28N2. The average Bonchev–Trinajstić information content (AvgIpc) is 2.79. The van der Waals surface area contributed by atoms with E-state index in [0.717, 1.165) is 13.1 Å². The van der Waals surface area contributed by atoms with Crippen molar-refractivity contribution in [2.45, 2.75) is 26.9 Å². The molecule has 4 rings (SSSR count). The van der Waals surface area contributed by atoms with Crippen LogP contribution in [0.5, 0.6) is 0 Å². The van der Waals surface area contributed by atoms with Crippen LogP contribution in [0.4, 0.5) is 11.4 Å². The Morgan fingerprint density at radius 2 is 0.900 bits per heavy atom. The fraction of sp³-hybridized carbons (Fsp3) is 0.143. The number of nitrogens with one attached hydrogen (secondary N) is 2. The van der Waals surface area contributed by atoms with Gasteiger partial charge >= 0.3 is 0 Å². The molecule has 4 aromatic carbocycles. The van der Waals surface area contributed by atoms with Crippen LogP contribution in [0, 0.1) is 13.8 Å². The van der Waals surface area contributed by atoms with Crippen LogP contribution in [0.15, 0.2) is 97.1 Å². The number of rotatable bonds is 7. The Hall–Kier alpha value is -3.52. The first-order valence-electron chi connectivity index (χ1n) is 10.5. The lowest BCUT2D eigenvalue weighted by molar-refractivity contribution is 1.14. The Balaban J connectivity index is 1.44. The van der Waals surface area contributed by atoms with Crippen LogP contribution in [0.3, 0.4) is 0 Å². The van der Waals surface area contributed by atoms with Crippen molar-refractivity contribution < 1.29 is 0 Å². The third kappa shape index (κ3) is 4.90. The van der Waals surface area contributed by atoms with Gasteiger partial charge in [-0.05, 0) is 71.5 Å². The molecule has 0 saturated carbocycles. The van der Waals surface area contributed by atoms with E-state index in [0.29, 0.717) is 0 Å². The molecule has 0 aromatic heterocycles. The summed E-state index contributed by atoms with van der Waals surface area (Å²) in [6.07, 6.45) is 0. The van der Waals surface area contributed by atoms with Crippen LogP contribution in [0.1, 0.15) is 22.3 Å². The first-order valence-corrected chi connectivity index (χ1v) is 10.5. The van der Waals surface area contributed by atoms with Crippen molar-refractivity contribution in [1.29, 1.82) is 0 Å². The molecule has 0 radical (unpaired) electrons. The summed E-state index contributed by atoms with van der Waals surface area (Å²) in [4.78, 5) is 0. The van der Waals surface area contributed by atoms with Gasteiger partial charge in [-0.2, -0.15) is 0 Å². The molecule has 0 heterocycles. The Morgan fingerprint density at radius 3 is 1.27 bits per heavy atom. The molecule has 0 spiro atoms. The Morgan fingerprint density at radius 1 is 0.500 bits per heavy atom. The van der Waals surface area contributed by atoms with E-state index < -0.39 is 0 Å². The van der Waals surface area contributed by atoms with Crippen molar-refractivity contribution in [2.24, 2.45) is 0 Å². The topological polar surface area (TPSA) is 24.1 Å². The van der Waals surface area contributed by atoms with Crippen molar-refractivity contribution in [3.8, 4) is 11.1 Å². The van der Waals surface area contributed by atoms with Gasteiger partial charge in [-0.3, -0.25) is 0 Å². The summed E-state index contributed by atoms with van der Waals surface area (Å²) in [6.45, 7) is 6.00. The van der Waals surface area contributed by atoms with Gasteiger partial charge in [0.05, 0.1) is 0 Å². The Bertz CT molecular complexity index is 1010. The van der Waals surface area contributed by atoms with Gasteiger partial charge in [0.15, 0.2) is 0 Å². The molecule has 0 unspecified atom stereocenters. The highest BCUT2D eigenvalue weighted by atomic mass is 14.9. The van der Waals surface area contributed by atoms with E-state index in [-0.39, 0.29) is 0 Å². The molecule has 0 aliphatic heterocycles. The van der Waals surface area contributed by atoms with Crippen LogP contribution in [0.25, 0.3) is 11.1 Å². The van der Waals surface area contributed by atoms with E-state index in [4.69, 9.17) is 0 Å². The second-order valence-corrected chi connectivity index (χ2v) is 7.74. The molecule has 150 valence electrons. The number of benzene rings is 4. The highest BCUT2D eigenvalue weighted by Gasteiger charge is 2.05. The fourth-order valence-corrected chi connectivity index (χ4v) is 3.67. The van der Waals surface area contributed by atoms with Gasteiger partial charge in [0.1, 0.15) is 0 Å². The Kier molecular flexibility index (Phi) is 6.14. The maximum Gasteiger partial charge on any atom is 0.0400 e. The van der Waals surface area contributed by atoms with Crippen LogP contribution in [0.2, 0.25) is 0 Å². The van der Waals surface area contributed by atoms with Gasteiger partial charge in [-0.15, -0.1) is 0 Å². The quantitative estimate of drug-likeness (QED) is 0.348. The van der Waals surface area contributed by atoms with Crippen LogP contribution in [-0.2, 0) is 13.1 Å². The van der Waals surface area contributed by atoms with Crippen LogP contribution < -0.4 is 10.6 Å².